The van der Waals surface area contributed by atoms with Crippen LogP contribution in [0.15, 0.2) is 59.4 Å². The maximum absolute atomic E-state index is 12.7. The molecule has 3 rings (SSSR count). The zero-order valence-corrected chi connectivity index (χ0v) is 13.7. The largest absolute Gasteiger partial charge is 0.414 e. The lowest BCUT2D eigenvalue weighted by Gasteiger charge is -2.18. The first-order valence-electron chi connectivity index (χ1n) is 7.60. The fourth-order valence-corrected chi connectivity index (χ4v) is 3.09. The van der Waals surface area contributed by atoms with Crippen molar-refractivity contribution in [2.75, 3.05) is 13.0 Å². The Morgan fingerprint density at radius 1 is 1.00 bits per heavy atom. The number of fused-ring (bicyclic) bond motifs is 1. The molecule has 118 valence electrons. The van der Waals surface area contributed by atoms with Crippen LogP contribution in [-0.4, -0.2) is 17.7 Å². The van der Waals surface area contributed by atoms with Gasteiger partial charge < -0.3 is 4.84 Å². The van der Waals surface area contributed by atoms with Gasteiger partial charge in [-0.1, -0.05) is 48.5 Å². The molecule has 0 saturated carbocycles. The van der Waals surface area contributed by atoms with Gasteiger partial charge in [-0.2, -0.15) is 0 Å². The van der Waals surface area contributed by atoms with Crippen LogP contribution in [0.25, 0.3) is 21.9 Å². The number of aromatic nitrogens is 1. The highest BCUT2D eigenvalue weighted by molar-refractivity contribution is 6.17. The number of pyridine rings is 1. The van der Waals surface area contributed by atoms with Crippen LogP contribution in [0, 0.1) is 0 Å². The summed E-state index contributed by atoms with van der Waals surface area (Å²) in [5.74, 6) is 0.541. The van der Waals surface area contributed by atoms with Gasteiger partial charge in [-0.15, -0.1) is 16.3 Å². The number of hydrogen-bond acceptors (Lipinski definition) is 2. The lowest BCUT2D eigenvalue weighted by atomic mass is 9.95. The third kappa shape index (κ3) is 2.84. The van der Waals surface area contributed by atoms with Crippen LogP contribution in [0.2, 0.25) is 0 Å². The summed E-state index contributed by atoms with van der Waals surface area (Å²) in [5.41, 5.74) is 2.84. The van der Waals surface area contributed by atoms with Gasteiger partial charge >= 0.3 is 0 Å². The van der Waals surface area contributed by atoms with Crippen molar-refractivity contribution in [3.8, 4) is 11.1 Å². The monoisotopic (exact) mass is 327 g/mol. The van der Waals surface area contributed by atoms with Crippen molar-refractivity contribution in [1.82, 2.24) is 4.73 Å². The fourth-order valence-electron chi connectivity index (χ4n) is 2.96. The molecule has 0 radical (unpaired) electrons. The van der Waals surface area contributed by atoms with Gasteiger partial charge in [0, 0.05) is 11.4 Å². The Labute approximate surface area is 140 Å². The normalized spacial score (nSPS) is 10.9. The summed E-state index contributed by atoms with van der Waals surface area (Å²) in [4.78, 5) is 18.1. The molecular formula is C19H18ClNO2. The van der Waals surface area contributed by atoms with E-state index < -0.39 is 0 Å². The third-order valence-electron chi connectivity index (χ3n) is 3.94. The molecule has 4 heteroatoms. The zero-order chi connectivity index (χ0) is 16.2. The molecule has 0 amide bonds. The Kier molecular flexibility index (Phi) is 4.68. The van der Waals surface area contributed by atoms with Crippen molar-refractivity contribution in [3.05, 3.63) is 70.6 Å². The van der Waals surface area contributed by atoms with Crippen LogP contribution in [-0.2, 0) is 6.42 Å². The first-order chi connectivity index (χ1) is 11.3. The molecule has 23 heavy (non-hydrogen) atoms. The highest BCUT2D eigenvalue weighted by Crippen LogP contribution is 2.31. The van der Waals surface area contributed by atoms with E-state index in [9.17, 15) is 4.79 Å². The summed E-state index contributed by atoms with van der Waals surface area (Å²) in [6.07, 6.45) is 1.46. The van der Waals surface area contributed by atoms with Crippen molar-refractivity contribution in [2.24, 2.45) is 0 Å². The lowest BCUT2D eigenvalue weighted by molar-refractivity contribution is 0.150. The van der Waals surface area contributed by atoms with E-state index in [1.165, 1.54) is 11.8 Å². The molecule has 0 N–H and O–H groups in total. The van der Waals surface area contributed by atoms with E-state index in [1.54, 1.807) is 0 Å². The van der Waals surface area contributed by atoms with E-state index in [-0.39, 0.29) is 5.56 Å². The number of alkyl halides is 1. The molecule has 0 bridgehead atoms. The second kappa shape index (κ2) is 6.88. The van der Waals surface area contributed by atoms with Crippen LogP contribution in [0.5, 0.6) is 0 Å². The maximum Gasteiger partial charge on any atom is 0.291 e. The molecule has 0 saturated heterocycles. The third-order valence-corrected chi connectivity index (χ3v) is 4.20. The number of hydrogen-bond donors (Lipinski definition) is 0. The maximum atomic E-state index is 12.7. The molecule has 0 aliphatic carbocycles. The van der Waals surface area contributed by atoms with Gasteiger partial charge in [-0.05, 0) is 29.9 Å². The van der Waals surface area contributed by atoms with Crippen molar-refractivity contribution >= 4 is 22.4 Å². The molecule has 3 nitrogen and oxygen atoms in total. The van der Waals surface area contributed by atoms with Gasteiger partial charge in [0.1, 0.15) is 7.11 Å². The summed E-state index contributed by atoms with van der Waals surface area (Å²) in [5, 5.41) is 1.60. The average Bonchev–Trinajstić information content (AvgIpc) is 2.61. The smallest absolute Gasteiger partial charge is 0.291 e. The zero-order valence-electron chi connectivity index (χ0n) is 13.0. The summed E-state index contributed by atoms with van der Waals surface area (Å²) >= 11 is 5.88. The van der Waals surface area contributed by atoms with Crippen molar-refractivity contribution in [3.63, 3.8) is 0 Å². The van der Waals surface area contributed by atoms with Crippen molar-refractivity contribution in [1.29, 1.82) is 0 Å². The highest BCUT2D eigenvalue weighted by atomic mass is 35.5. The van der Waals surface area contributed by atoms with E-state index in [1.807, 2.05) is 42.5 Å². The molecule has 1 heterocycles. The molecule has 0 spiro atoms. The van der Waals surface area contributed by atoms with Crippen LogP contribution >= 0.6 is 11.6 Å². The molecule has 0 unspecified atom stereocenters. The van der Waals surface area contributed by atoms with E-state index in [0.29, 0.717) is 17.7 Å². The first-order valence-corrected chi connectivity index (χ1v) is 8.14. The molecule has 0 atom stereocenters. The van der Waals surface area contributed by atoms with Gasteiger partial charge in [0.15, 0.2) is 0 Å². The van der Waals surface area contributed by atoms with E-state index in [0.717, 1.165) is 28.6 Å². The predicted molar refractivity (Wildman–Crippen MR) is 95.2 cm³/mol. The van der Waals surface area contributed by atoms with E-state index in [4.69, 9.17) is 16.4 Å². The molecule has 0 aliphatic rings. The van der Waals surface area contributed by atoms with Gasteiger partial charge in [-0.3, -0.25) is 4.79 Å². The molecule has 0 aliphatic heterocycles. The predicted octanol–water partition coefficient (Wildman–Crippen LogP) is 3.90. The van der Waals surface area contributed by atoms with Crippen molar-refractivity contribution < 1.29 is 4.84 Å². The van der Waals surface area contributed by atoms with Crippen LogP contribution in [0.3, 0.4) is 0 Å². The molecule has 3 aromatic rings. The SMILES string of the molecule is COn1c(CCCCl)c(-c2ccccc2)c2ccccc2c1=O. The fraction of sp³-hybridized carbons (Fsp3) is 0.211. The molecule has 2 aromatic carbocycles. The minimum absolute atomic E-state index is 0.132. The van der Waals surface area contributed by atoms with Crippen molar-refractivity contribution in [2.45, 2.75) is 12.8 Å². The Morgan fingerprint density at radius 2 is 1.65 bits per heavy atom. The highest BCUT2D eigenvalue weighted by Gasteiger charge is 2.18. The lowest BCUT2D eigenvalue weighted by Crippen LogP contribution is -2.29. The molecular weight excluding hydrogens is 310 g/mol. The Balaban J connectivity index is 2.42. The summed E-state index contributed by atoms with van der Waals surface area (Å²) < 4.78 is 1.40. The standard InChI is InChI=1S/C19H18ClNO2/c1-23-21-17(12-7-13-20)18(14-8-3-2-4-9-14)15-10-5-6-11-16(15)19(21)22/h2-6,8-11H,7,12-13H2,1H3. The van der Waals surface area contributed by atoms with Crippen LogP contribution in [0.1, 0.15) is 12.1 Å². The minimum Gasteiger partial charge on any atom is -0.414 e. The quantitative estimate of drug-likeness (QED) is 0.665. The number of halogens is 1. The van der Waals surface area contributed by atoms with Gasteiger partial charge in [0.25, 0.3) is 5.56 Å². The Morgan fingerprint density at radius 3 is 2.30 bits per heavy atom. The second-order valence-corrected chi connectivity index (χ2v) is 5.69. The topological polar surface area (TPSA) is 31.2 Å². The van der Waals surface area contributed by atoms with Gasteiger partial charge in [0.05, 0.1) is 11.1 Å². The number of nitrogens with zero attached hydrogens (tertiary/aromatic N) is 1. The van der Waals surface area contributed by atoms with E-state index in [2.05, 4.69) is 12.1 Å². The van der Waals surface area contributed by atoms with Gasteiger partial charge in [0.2, 0.25) is 0 Å². The minimum atomic E-state index is -0.132. The van der Waals surface area contributed by atoms with Crippen LogP contribution < -0.4 is 10.4 Å². The van der Waals surface area contributed by atoms with E-state index >= 15 is 0 Å². The van der Waals surface area contributed by atoms with Crippen LogP contribution in [0.4, 0.5) is 0 Å². The number of benzene rings is 2. The molecule has 0 fully saturated rings. The molecule has 1 aromatic heterocycles. The average molecular weight is 328 g/mol. The summed E-state index contributed by atoms with van der Waals surface area (Å²) in [6, 6.07) is 17.7. The first kappa shape index (κ1) is 15.6. The summed E-state index contributed by atoms with van der Waals surface area (Å²) in [7, 11) is 1.52. The second-order valence-electron chi connectivity index (χ2n) is 5.31. The van der Waals surface area contributed by atoms with Gasteiger partial charge in [-0.25, -0.2) is 0 Å². The number of rotatable bonds is 5. The Bertz CT molecular complexity index is 872. The Hall–Kier alpha value is -2.26. The summed E-state index contributed by atoms with van der Waals surface area (Å²) in [6.45, 7) is 0.